The molecule has 0 fully saturated rings. The highest BCUT2D eigenvalue weighted by Crippen LogP contribution is 2.28. The number of methoxy groups -OCH3 is 1. The van der Waals surface area contributed by atoms with Crippen molar-refractivity contribution >= 4 is 39.6 Å². The predicted molar refractivity (Wildman–Crippen MR) is 186 cm³/mol. The van der Waals surface area contributed by atoms with Crippen molar-refractivity contribution in [1.29, 1.82) is 0 Å². The van der Waals surface area contributed by atoms with Gasteiger partial charge in [-0.15, -0.1) is 0 Å². The van der Waals surface area contributed by atoms with Crippen LogP contribution in [0.25, 0.3) is 0 Å². The minimum absolute atomic E-state index is 0.0864. The second-order valence-corrected chi connectivity index (χ2v) is 14.8. The van der Waals surface area contributed by atoms with Gasteiger partial charge in [0.2, 0.25) is 5.91 Å². The first-order valence-corrected chi connectivity index (χ1v) is 16.1. The second kappa shape index (κ2) is 14.8. The molecular weight excluding hydrogens is 666 g/mol. The van der Waals surface area contributed by atoms with Crippen LogP contribution in [-0.4, -0.2) is 46.9 Å². The summed E-state index contributed by atoms with van der Waals surface area (Å²) in [6.07, 6.45) is 0.989. The number of pyridine rings is 1. The fourth-order valence-corrected chi connectivity index (χ4v) is 5.04. The zero-order valence-electron chi connectivity index (χ0n) is 28.9. The number of ether oxygens (including phenoxy) is 3. The van der Waals surface area contributed by atoms with E-state index in [1.165, 1.54) is 4.57 Å². The first-order valence-electron chi connectivity index (χ1n) is 15.4. The molecule has 1 heterocycles. The van der Waals surface area contributed by atoms with Gasteiger partial charge in [-0.3, -0.25) is 14.4 Å². The summed E-state index contributed by atoms with van der Waals surface area (Å²) in [6, 6.07) is 13.4. The van der Waals surface area contributed by atoms with Crippen LogP contribution in [0, 0.1) is 6.92 Å². The average Bonchev–Trinajstić information content (AvgIpc) is 2.96. The van der Waals surface area contributed by atoms with Crippen LogP contribution < -0.4 is 20.9 Å². The maximum absolute atomic E-state index is 13.8. The number of hydrogen-bond acceptors (Lipinski definition) is 7. The van der Waals surface area contributed by atoms with Crippen molar-refractivity contribution in [1.82, 2.24) is 9.88 Å². The van der Waals surface area contributed by atoms with Gasteiger partial charge in [-0.05, 0) is 113 Å². The van der Waals surface area contributed by atoms with E-state index < -0.39 is 40.2 Å². The number of aromatic nitrogens is 1. The Balaban J connectivity index is 1.90. The van der Waals surface area contributed by atoms with E-state index >= 15 is 0 Å². The van der Waals surface area contributed by atoms with Crippen molar-refractivity contribution in [3.05, 3.63) is 91.8 Å². The second-order valence-electron chi connectivity index (χ2n) is 14.0. The molecule has 2 amide bonds. The standard InChI is InChI=1S/C36H46BrN3O7/c1-22-27(37)21-40(20-24-13-17-26(45-10)18-14-24)31(42)29(22)39-30(41)28(38-33(44)47-35(5,6)7)19-23-11-15-25(16-12-23)36(8,9)32(43)46-34(2,3)4/h11-18,21,28H,19-20H2,1-10H3,(H,38,44)(H,39,41). The summed E-state index contributed by atoms with van der Waals surface area (Å²) in [5, 5.41) is 5.44. The Morgan fingerprint density at radius 1 is 0.851 bits per heavy atom. The number of halogens is 1. The molecule has 254 valence electrons. The van der Waals surface area contributed by atoms with Gasteiger partial charge in [0.25, 0.3) is 5.56 Å². The molecule has 1 atom stereocenters. The quantitative estimate of drug-likeness (QED) is 0.225. The molecule has 2 N–H and O–H groups in total. The molecule has 3 aromatic rings. The van der Waals surface area contributed by atoms with E-state index in [2.05, 4.69) is 26.6 Å². The Morgan fingerprint density at radius 3 is 1.94 bits per heavy atom. The number of hydrogen-bond donors (Lipinski definition) is 2. The van der Waals surface area contributed by atoms with E-state index in [-0.39, 0.29) is 24.6 Å². The van der Waals surface area contributed by atoms with Crippen LogP contribution in [0.4, 0.5) is 10.5 Å². The number of carbonyl (C=O) groups excluding carboxylic acids is 3. The fourth-order valence-electron chi connectivity index (χ4n) is 4.59. The predicted octanol–water partition coefficient (Wildman–Crippen LogP) is 6.67. The van der Waals surface area contributed by atoms with E-state index in [4.69, 9.17) is 14.2 Å². The number of benzene rings is 2. The van der Waals surface area contributed by atoms with Gasteiger partial charge in [-0.1, -0.05) is 36.4 Å². The van der Waals surface area contributed by atoms with E-state index in [1.807, 2.05) is 45.0 Å². The van der Waals surface area contributed by atoms with Crippen LogP contribution in [0.2, 0.25) is 0 Å². The third-order valence-electron chi connectivity index (χ3n) is 7.27. The number of anilines is 1. The molecule has 2 aromatic carbocycles. The van der Waals surface area contributed by atoms with Gasteiger partial charge in [0.15, 0.2) is 0 Å². The van der Waals surface area contributed by atoms with Gasteiger partial charge in [-0.2, -0.15) is 0 Å². The minimum Gasteiger partial charge on any atom is -0.497 e. The van der Waals surface area contributed by atoms with Gasteiger partial charge in [0, 0.05) is 17.1 Å². The molecule has 47 heavy (non-hydrogen) atoms. The molecule has 0 bridgehead atoms. The lowest BCUT2D eigenvalue weighted by molar-refractivity contribution is -0.160. The summed E-state index contributed by atoms with van der Waals surface area (Å²) in [5.74, 6) is -0.254. The maximum atomic E-state index is 13.8. The molecule has 1 aromatic heterocycles. The van der Waals surface area contributed by atoms with Gasteiger partial charge in [0.05, 0.1) is 19.1 Å². The molecule has 0 saturated carbocycles. The highest BCUT2D eigenvalue weighted by Gasteiger charge is 2.34. The first kappa shape index (κ1) is 37.3. The van der Waals surface area contributed by atoms with Crippen LogP contribution in [0.5, 0.6) is 5.75 Å². The molecule has 0 spiro atoms. The molecule has 0 aliphatic carbocycles. The third kappa shape index (κ3) is 10.4. The molecule has 0 aliphatic heterocycles. The fraction of sp³-hybridized carbons (Fsp3) is 0.444. The molecule has 11 heteroatoms. The Morgan fingerprint density at radius 2 is 1.40 bits per heavy atom. The van der Waals surface area contributed by atoms with Crippen LogP contribution in [-0.2, 0) is 37.4 Å². The number of carbonyl (C=O) groups is 3. The van der Waals surface area contributed by atoms with Crippen molar-refractivity contribution in [3.63, 3.8) is 0 Å². The number of esters is 1. The number of nitrogens with zero attached hydrogens (tertiary/aromatic N) is 1. The van der Waals surface area contributed by atoms with Crippen molar-refractivity contribution in [2.45, 2.75) is 97.9 Å². The van der Waals surface area contributed by atoms with Gasteiger partial charge in [0.1, 0.15) is 28.7 Å². The van der Waals surface area contributed by atoms with Crippen molar-refractivity contribution in [2.24, 2.45) is 0 Å². The maximum Gasteiger partial charge on any atom is 0.408 e. The number of rotatable bonds is 10. The number of alkyl carbamates (subject to hydrolysis) is 1. The first-order chi connectivity index (χ1) is 21.7. The monoisotopic (exact) mass is 711 g/mol. The lowest BCUT2D eigenvalue weighted by atomic mass is 9.84. The Kier molecular flexibility index (Phi) is 11.7. The SMILES string of the molecule is COc1ccc(Cn2cc(Br)c(C)c(NC(=O)C(Cc3ccc(C(C)(C)C(=O)OC(C)(C)C)cc3)NC(=O)OC(C)(C)C)c2=O)cc1. The number of amides is 2. The molecule has 0 saturated heterocycles. The topological polar surface area (TPSA) is 125 Å². The zero-order valence-corrected chi connectivity index (χ0v) is 30.5. The third-order valence-corrected chi connectivity index (χ3v) is 8.07. The summed E-state index contributed by atoms with van der Waals surface area (Å²) < 4.78 is 18.4. The molecule has 0 radical (unpaired) electrons. The van der Waals surface area contributed by atoms with Gasteiger partial charge >= 0.3 is 12.1 Å². The molecule has 10 nitrogen and oxygen atoms in total. The van der Waals surface area contributed by atoms with Crippen LogP contribution in [0.15, 0.2) is 64.0 Å². The summed E-state index contributed by atoms with van der Waals surface area (Å²) in [5.41, 5.74) is 0.197. The Bertz CT molecular complexity index is 1650. The molecule has 0 aliphatic rings. The van der Waals surface area contributed by atoms with Crippen molar-refractivity contribution < 1.29 is 28.6 Å². The average molecular weight is 713 g/mol. The largest absolute Gasteiger partial charge is 0.497 e. The minimum atomic E-state index is -1.10. The van der Waals surface area contributed by atoms with E-state index in [0.717, 1.165) is 11.1 Å². The Labute approximate surface area is 285 Å². The van der Waals surface area contributed by atoms with Gasteiger partial charge in [-0.25, -0.2) is 4.79 Å². The van der Waals surface area contributed by atoms with Crippen LogP contribution in [0.3, 0.4) is 0 Å². The number of nitrogens with one attached hydrogen (secondary N) is 2. The Hall–Kier alpha value is -4.12. The summed E-state index contributed by atoms with van der Waals surface area (Å²) >= 11 is 3.52. The smallest absolute Gasteiger partial charge is 0.408 e. The summed E-state index contributed by atoms with van der Waals surface area (Å²) in [6.45, 7) is 16.2. The van der Waals surface area contributed by atoms with E-state index in [9.17, 15) is 19.2 Å². The van der Waals surface area contributed by atoms with E-state index in [1.54, 1.807) is 79.1 Å². The summed E-state index contributed by atoms with van der Waals surface area (Å²) in [4.78, 5) is 53.2. The van der Waals surface area contributed by atoms with Crippen molar-refractivity contribution in [2.75, 3.05) is 12.4 Å². The zero-order chi connectivity index (χ0) is 35.3. The van der Waals surface area contributed by atoms with Crippen molar-refractivity contribution in [3.8, 4) is 5.75 Å². The lowest BCUT2D eigenvalue weighted by Gasteiger charge is -2.29. The highest BCUT2D eigenvalue weighted by atomic mass is 79.9. The summed E-state index contributed by atoms with van der Waals surface area (Å²) in [7, 11) is 1.58. The molecular formula is C36H46BrN3O7. The normalized spacial score (nSPS) is 12.6. The lowest BCUT2D eigenvalue weighted by Crippen LogP contribution is -2.47. The highest BCUT2D eigenvalue weighted by molar-refractivity contribution is 9.10. The van der Waals surface area contributed by atoms with Gasteiger partial charge < -0.3 is 29.4 Å². The van der Waals surface area contributed by atoms with E-state index in [0.29, 0.717) is 21.3 Å². The van der Waals surface area contributed by atoms with Crippen LogP contribution in [0.1, 0.15) is 77.6 Å². The molecule has 1 unspecified atom stereocenters. The van der Waals surface area contributed by atoms with Crippen LogP contribution >= 0.6 is 15.9 Å². The molecule has 3 rings (SSSR count).